The van der Waals surface area contributed by atoms with E-state index in [9.17, 15) is 18.7 Å². The molecule has 1 aliphatic heterocycles. The molecule has 1 saturated heterocycles. The third-order valence-corrected chi connectivity index (χ3v) is 4.68. The number of nitrogens with one attached hydrogen (secondary N) is 1. The van der Waals surface area contributed by atoms with Gasteiger partial charge in [0.05, 0.1) is 30.2 Å². The molecule has 1 aliphatic rings. The zero-order valence-electron chi connectivity index (χ0n) is 15.8. The van der Waals surface area contributed by atoms with Gasteiger partial charge in [0.1, 0.15) is 5.60 Å². The van der Waals surface area contributed by atoms with Gasteiger partial charge in [-0.2, -0.15) is 0 Å². The first-order chi connectivity index (χ1) is 12.1. The first-order valence-corrected chi connectivity index (χ1v) is 9.86. The molecule has 0 bridgehead atoms. The molecule has 0 saturated carbocycles. The van der Waals surface area contributed by atoms with Crippen LogP contribution < -0.4 is 5.32 Å². The lowest BCUT2D eigenvalue weighted by molar-refractivity contribution is -0.0310. The molecule has 0 aromatic carbocycles. The number of ether oxygens (including phenoxy) is 3. The van der Waals surface area contributed by atoms with Crippen LogP contribution in [0.3, 0.4) is 0 Å². The van der Waals surface area contributed by atoms with Gasteiger partial charge >= 0.3 is 6.09 Å². The van der Waals surface area contributed by atoms with E-state index in [-0.39, 0.29) is 30.7 Å². The minimum atomic E-state index is -1.98. The van der Waals surface area contributed by atoms with Crippen molar-refractivity contribution in [2.24, 2.45) is 5.92 Å². The molecule has 9 heteroatoms. The number of alkyl carbamates (subject to hydrolysis) is 1. The van der Waals surface area contributed by atoms with Crippen LogP contribution in [-0.4, -0.2) is 69.4 Å². The highest BCUT2D eigenvalue weighted by atomic mass is 32.2. The van der Waals surface area contributed by atoms with Crippen LogP contribution in [0.1, 0.15) is 33.6 Å². The van der Waals surface area contributed by atoms with Crippen LogP contribution in [0.4, 0.5) is 4.79 Å². The number of rotatable bonds is 9. The molecule has 1 heterocycles. The molecule has 26 heavy (non-hydrogen) atoms. The topological polar surface area (TPSA) is 114 Å². The second kappa shape index (κ2) is 10.4. The monoisotopic (exact) mass is 393 g/mol. The molecule has 1 amide bonds. The molecule has 0 aromatic heterocycles. The number of methoxy groups -OCH3 is 1. The normalized spacial score (nSPS) is 28.4. The zero-order valence-corrected chi connectivity index (χ0v) is 16.7. The van der Waals surface area contributed by atoms with Crippen LogP contribution in [0.5, 0.6) is 0 Å². The predicted octanol–water partition coefficient (Wildman–Crippen LogP) is 1.46. The van der Waals surface area contributed by atoms with E-state index in [0.717, 1.165) is 0 Å². The maximum Gasteiger partial charge on any atom is 0.407 e. The van der Waals surface area contributed by atoms with Crippen molar-refractivity contribution >= 4 is 17.2 Å². The number of hydrogen-bond donors (Lipinski definition) is 3. The summed E-state index contributed by atoms with van der Waals surface area (Å²) in [5.41, 5.74) is -0.615. The quantitative estimate of drug-likeness (QED) is 0.401. The molecule has 8 nitrogen and oxygen atoms in total. The van der Waals surface area contributed by atoms with Crippen LogP contribution in [0, 0.1) is 5.92 Å². The van der Waals surface area contributed by atoms with Gasteiger partial charge in [0, 0.05) is 26.0 Å². The molecule has 1 unspecified atom stereocenters. The summed E-state index contributed by atoms with van der Waals surface area (Å²) in [5, 5.41) is 12.7. The third-order valence-electron chi connectivity index (χ3n) is 4.01. The van der Waals surface area contributed by atoms with Gasteiger partial charge < -0.3 is 29.2 Å². The van der Waals surface area contributed by atoms with Crippen molar-refractivity contribution in [2.75, 3.05) is 19.4 Å². The van der Waals surface area contributed by atoms with Crippen LogP contribution in [0.15, 0.2) is 12.7 Å². The van der Waals surface area contributed by atoms with Crippen molar-refractivity contribution in [3.05, 3.63) is 12.7 Å². The summed E-state index contributed by atoms with van der Waals surface area (Å²) in [7, 11) is 1.51. The van der Waals surface area contributed by atoms with E-state index in [0.29, 0.717) is 6.42 Å². The molecule has 1 rings (SSSR count). The van der Waals surface area contributed by atoms with Crippen LogP contribution in [-0.2, 0) is 25.3 Å². The van der Waals surface area contributed by atoms with Gasteiger partial charge in [0.2, 0.25) is 0 Å². The van der Waals surface area contributed by atoms with E-state index in [4.69, 9.17) is 14.2 Å². The smallest absolute Gasteiger partial charge is 0.407 e. The van der Waals surface area contributed by atoms with Gasteiger partial charge in [-0.05, 0) is 27.2 Å². The van der Waals surface area contributed by atoms with E-state index in [1.54, 1.807) is 26.8 Å². The molecule has 0 radical (unpaired) electrons. The SMILES string of the molecule is C=CC[C@@H]1O[C@H](C[C@H](O)CNC(=O)OC(C)(C)C)[C@H](OC)[C@H]1CS(=O)O. The van der Waals surface area contributed by atoms with E-state index in [2.05, 4.69) is 11.9 Å². The molecule has 0 aliphatic carbocycles. The molecule has 152 valence electrons. The Kier molecular flexibility index (Phi) is 9.18. The molecule has 3 N–H and O–H groups in total. The average Bonchev–Trinajstić information content (AvgIpc) is 2.80. The van der Waals surface area contributed by atoms with Crippen molar-refractivity contribution in [2.45, 2.75) is 63.6 Å². The Balaban J connectivity index is 2.62. The maximum atomic E-state index is 11.7. The van der Waals surface area contributed by atoms with Crippen molar-refractivity contribution in [1.29, 1.82) is 0 Å². The van der Waals surface area contributed by atoms with Gasteiger partial charge in [-0.25, -0.2) is 9.00 Å². The van der Waals surface area contributed by atoms with E-state index < -0.39 is 41.1 Å². The predicted molar refractivity (Wildman–Crippen MR) is 98.3 cm³/mol. The number of carbonyl (C=O) groups is 1. The minimum absolute atomic E-state index is 0.00787. The summed E-state index contributed by atoms with van der Waals surface area (Å²) < 4.78 is 37.0. The average molecular weight is 394 g/mol. The largest absolute Gasteiger partial charge is 0.444 e. The van der Waals surface area contributed by atoms with Crippen LogP contribution >= 0.6 is 0 Å². The maximum absolute atomic E-state index is 11.7. The van der Waals surface area contributed by atoms with Gasteiger partial charge in [-0.15, -0.1) is 6.58 Å². The van der Waals surface area contributed by atoms with Crippen molar-refractivity contribution in [3.63, 3.8) is 0 Å². The molecular formula is C17H31NO7S. The van der Waals surface area contributed by atoms with Gasteiger partial charge in [-0.1, -0.05) is 6.08 Å². The van der Waals surface area contributed by atoms with Gasteiger partial charge in [0.15, 0.2) is 11.1 Å². The summed E-state index contributed by atoms with van der Waals surface area (Å²) >= 11 is -1.98. The van der Waals surface area contributed by atoms with Gasteiger partial charge in [0.25, 0.3) is 0 Å². The molecule has 0 aromatic rings. The Bertz CT molecular complexity index is 494. The van der Waals surface area contributed by atoms with E-state index >= 15 is 0 Å². The Morgan fingerprint density at radius 3 is 2.58 bits per heavy atom. The lowest BCUT2D eigenvalue weighted by Gasteiger charge is -2.24. The van der Waals surface area contributed by atoms with Crippen LogP contribution in [0.2, 0.25) is 0 Å². The Labute approximate surface area is 157 Å². The molecule has 6 atom stereocenters. The number of amides is 1. The van der Waals surface area contributed by atoms with Gasteiger partial charge in [-0.3, -0.25) is 0 Å². The number of hydrogen-bond acceptors (Lipinski definition) is 6. The molecular weight excluding hydrogens is 362 g/mol. The second-order valence-corrected chi connectivity index (χ2v) is 8.34. The minimum Gasteiger partial charge on any atom is -0.444 e. The summed E-state index contributed by atoms with van der Waals surface area (Å²) in [6.07, 6.45) is -0.224. The number of aliphatic hydroxyl groups excluding tert-OH is 1. The fourth-order valence-electron chi connectivity index (χ4n) is 3.03. The Hall–Kier alpha value is -1.00. The van der Waals surface area contributed by atoms with Crippen LogP contribution in [0.25, 0.3) is 0 Å². The summed E-state index contributed by atoms with van der Waals surface area (Å²) in [6, 6.07) is 0. The lowest BCUT2D eigenvalue weighted by Crippen LogP contribution is -2.40. The first-order valence-electron chi connectivity index (χ1n) is 8.59. The summed E-state index contributed by atoms with van der Waals surface area (Å²) in [5.74, 6) is -0.250. The summed E-state index contributed by atoms with van der Waals surface area (Å²) in [4.78, 5) is 11.7. The summed E-state index contributed by atoms with van der Waals surface area (Å²) in [6.45, 7) is 8.95. The lowest BCUT2D eigenvalue weighted by atomic mass is 9.94. The highest BCUT2D eigenvalue weighted by Gasteiger charge is 2.45. The van der Waals surface area contributed by atoms with Crippen molar-refractivity contribution in [1.82, 2.24) is 5.32 Å². The Morgan fingerprint density at radius 1 is 1.42 bits per heavy atom. The van der Waals surface area contributed by atoms with E-state index in [1.807, 2.05) is 0 Å². The number of aliphatic hydroxyl groups is 1. The third kappa shape index (κ3) is 7.71. The number of carbonyl (C=O) groups excluding carboxylic acids is 1. The fourth-order valence-corrected chi connectivity index (χ4v) is 3.77. The van der Waals surface area contributed by atoms with Crippen molar-refractivity contribution < 1.29 is 32.9 Å². The standard InChI is InChI=1S/C17H31NO7S/c1-6-7-13-12(10-26(21)22)15(23-5)14(24-13)8-11(19)9-18-16(20)25-17(2,3)4/h6,11-15,19H,1,7-10H2,2-5H3,(H,18,20)(H,21,22)/t11-,12-,13-,14+,15+/m0/s1. The Morgan fingerprint density at radius 2 is 2.08 bits per heavy atom. The highest BCUT2D eigenvalue weighted by molar-refractivity contribution is 7.79. The van der Waals surface area contributed by atoms with Crippen molar-refractivity contribution in [3.8, 4) is 0 Å². The first kappa shape index (κ1) is 23.0. The molecule has 0 spiro atoms. The molecule has 1 fully saturated rings. The fraction of sp³-hybridized carbons (Fsp3) is 0.824. The second-order valence-electron chi connectivity index (χ2n) is 7.36. The highest BCUT2D eigenvalue weighted by Crippen LogP contribution is 2.34. The zero-order chi connectivity index (χ0) is 19.9. The van der Waals surface area contributed by atoms with E-state index in [1.165, 1.54) is 7.11 Å².